The Bertz CT molecular complexity index is 677. The van der Waals surface area contributed by atoms with Gasteiger partial charge < -0.3 is 4.52 Å². The van der Waals surface area contributed by atoms with Gasteiger partial charge in [0.1, 0.15) is 0 Å². The van der Waals surface area contributed by atoms with E-state index in [-0.39, 0.29) is 0 Å². The van der Waals surface area contributed by atoms with E-state index in [2.05, 4.69) is 25.7 Å². The van der Waals surface area contributed by atoms with Crippen molar-refractivity contribution in [1.29, 1.82) is 0 Å². The third kappa shape index (κ3) is 2.86. The maximum absolute atomic E-state index is 4.71. The van der Waals surface area contributed by atoms with E-state index in [1.54, 1.807) is 18.6 Å². The summed E-state index contributed by atoms with van der Waals surface area (Å²) in [5.74, 6) is 0.567. The lowest BCUT2D eigenvalue weighted by Gasteiger charge is -2.00. The molecule has 0 saturated heterocycles. The number of nitrogens with one attached hydrogen (secondary N) is 1. The average Bonchev–Trinajstić information content (AvgIpc) is 3.03. The predicted octanol–water partition coefficient (Wildman–Crippen LogP) is 2.58. The van der Waals surface area contributed by atoms with Crippen LogP contribution < -0.4 is 5.43 Å². The quantitative estimate of drug-likeness (QED) is 0.579. The van der Waals surface area contributed by atoms with Gasteiger partial charge in [0, 0.05) is 18.0 Å². The third-order valence-corrected chi connectivity index (χ3v) is 2.62. The van der Waals surface area contributed by atoms with E-state index in [1.807, 2.05) is 36.4 Å². The van der Waals surface area contributed by atoms with E-state index in [0.717, 1.165) is 16.8 Å². The van der Waals surface area contributed by atoms with Crippen molar-refractivity contribution in [2.75, 3.05) is 5.43 Å². The Balaban J connectivity index is 1.65. The fourth-order valence-corrected chi connectivity index (χ4v) is 1.62. The fourth-order valence-electron chi connectivity index (χ4n) is 1.62. The van der Waals surface area contributed by atoms with Gasteiger partial charge in [-0.15, -0.1) is 0 Å². The molecule has 0 unspecified atom stereocenters. The Morgan fingerprint density at radius 2 is 1.85 bits per heavy atom. The first-order chi connectivity index (χ1) is 9.92. The van der Waals surface area contributed by atoms with E-state index in [9.17, 15) is 0 Å². The zero-order valence-electron chi connectivity index (χ0n) is 10.5. The van der Waals surface area contributed by atoms with Crippen LogP contribution in [0.25, 0.3) is 11.4 Å². The van der Waals surface area contributed by atoms with E-state index in [0.29, 0.717) is 5.82 Å². The summed E-state index contributed by atoms with van der Waals surface area (Å²) in [6.07, 6.45) is 6.48. The zero-order chi connectivity index (χ0) is 13.6. The first kappa shape index (κ1) is 12.0. The molecule has 6 nitrogen and oxygen atoms in total. The van der Waals surface area contributed by atoms with Gasteiger partial charge in [-0.1, -0.05) is 5.16 Å². The number of aromatic nitrogens is 3. The second-order valence-electron chi connectivity index (χ2n) is 3.98. The molecule has 0 saturated carbocycles. The van der Waals surface area contributed by atoms with Crippen LogP contribution in [0.15, 0.2) is 64.8 Å². The molecule has 2 heterocycles. The second kappa shape index (κ2) is 5.75. The van der Waals surface area contributed by atoms with Gasteiger partial charge in [0.2, 0.25) is 12.2 Å². The normalized spacial score (nSPS) is 10.8. The highest BCUT2D eigenvalue weighted by molar-refractivity contribution is 5.79. The summed E-state index contributed by atoms with van der Waals surface area (Å²) in [4.78, 5) is 7.93. The molecule has 1 aromatic carbocycles. The van der Waals surface area contributed by atoms with Gasteiger partial charge in [0.25, 0.3) is 0 Å². The number of anilines is 1. The highest BCUT2D eigenvalue weighted by atomic mass is 16.5. The van der Waals surface area contributed by atoms with Crippen LogP contribution in [0.4, 0.5) is 5.69 Å². The summed E-state index contributed by atoms with van der Waals surface area (Å²) in [5.41, 5.74) is 5.70. The highest BCUT2D eigenvalue weighted by Crippen LogP contribution is 2.17. The van der Waals surface area contributed by atoms with Crippen molar-refractivity contribution in [2.24, 2.45) is 5.10 Å². The maximum Gasteiger partial charge on any atom is 0.214 e. The Labute approximate surface area is 115 Å². The molecule has 0 aliphatic heterocycles. The summed E-state index contributed by atoms with van der Waals surface area (Å²) < 4.78 is 4.71. The molecule has 3 rings (SSSR count). The minimum absolute atomic E-state index is 0.567. The largest absolute Gasteiger partial charge is 0.342 e. The molecule has 0 atom stereocenters. The lowest BCUT2D eigenvalue weighted by molar-refractivity contribution is 0.419. The van der Waals surface area contributed by atoms with Crippen LogP contribution in [0, 0.1) is 0 Å². The molecule has 0 aliphatic rings. The average molecular weight is 265 g/mol. The van der Waals surface area contributed by atoms with Crippen LogP contribution >= 0.6 is 0 Å². The molecule has 6 heteroatoms. The molecule has 0 bridgehead atoms. The Morgan fingerprint density at radius 3 is 2.55 bits per heavy atom. The van der Waals surface area contributed by atoms with Crippen LogP contribution in [0.5, 0.6) is 0 Å². The van der Waals surface area contributed by atoms with Crippen molar-refractivity contribution in [3.05, 3.63) is 60.7 Å². The summed E-state index contributed by atoms with van der Waals surface area (Å²) in [7, 11) is 0. The van der Waals surface area contributed by atoms with Crippen LogP contribution in [0.2, 0.25) is 0 Å². The number of nitrogens with zero attached hydrogens (tertiary/aromatic N) is 4. The number of hydrogen-bond acceptors (Lipinski definition) is 6. The van der Waals surface area contributed by atoms with Crippen LogP contribution in [0.3, 0.4) is 0 Å². The molecule has 20 heavy (non-hydrogen) atoms. The number of pyridine rings is 1. The SMILES string of the molecule is C(=N\Nc1ccc(-c2ncon2)cc1)/c1ccncc1. The van der Waals surface area contributed by atoms with Crippen molar-refractivity contribution in [1.82, 2.24) is 15.1 Å². The Kier molecular flexibility index (Phi) is 3.46. The third-order valence-electron chi connectivity index (χ3n) is 2.62. The summed E-state index contributed by atoms with van der Waals surface area (Å²) in [6, 6.07) is 11.4. The lowest BCUT2D eigenvalue weighted by atomic mass is 10.2. The molecule has 0 fully saturated rings. The van der Waals surface area contributed by atoms with Gasteiger partial charge in [-0.05, 0) is 42.0 Å². The van der Waals surface area contributed by atoms with Gasteiger partial charge in [-0.3, -0.25) is 10.4 Å². The van der Waals surface area contributed by atoms with Crippen molar-refractivity contribution in [2.45, 2.75) is 0 Å². The van der Waals surface area contributed by atoms with Crippen molar-refractivity contribution in [3.8, 4) is 11.4 Å². The van der Waals surface area contributed by atoms with Gasteiger partial charge in [-0.25, -0.2) is 0 Å². The van der Waals surface area contributed by atoms with Gasteiger partial charge in [-0.2, -0.15) is 10.1 Å². The van der Waals surface area contributed by atoms with Crippen LogP contribution in [-0.2, 0) is 0 Å². The van der Waals surface area contributed by atoms with Crippen LogP contribution in [0.1, 0.15) is 5.56 Å². The van der Waals surface area contributed by atoms with Crippen molar-refractivity contribution >= 4 is 11.9 Å². The van der Waals surface area contributed by atoms with E-state index in [4.69, 9.17) is 4.52 Å². The minimum atomic E-state index is 0.567. The van der Waals surface area contributed by atoms with Crippen LogP contribution in [-0.4, -0.2) is 21.3 Å². The molecule has 0 spiro atoms. The molecule has 2 aromatic heterocycles. The number of rotatable bonds is 4. The topological polar surface area (TPSA) is 76.2 Å². The highest BCUT2D eigenvalue weighted by Gasteiger charge is 2.01. The maximum atomic E-state index is 4.71. The minimum Gasteiger partial charge on any atom is -0.342 e. The zero-order valence-corrected chi connectivity index (χ0v) is 10.5. The molecule has 0 aliphatic carbocycles. The molecular weight excluding hydrogens is 254 g/mol. The fraction of sp³-hybridized carbons (Fsp3) is 0. The molecular formula is C14H11N5O. The molecule has 98 valence electrons. The number of hydrogen-bond donors (Lipinski definition) is 1. The molecule has 0 radical (unpaired) electrons. The summed E-state index contributed by atoms with van der Waals surface area (Å²) >= 11 is 0. The first-order valence-corrected chi connectivity index (χ1v) is 5.98. The van der Waals surface area contributed by atoms with E-state index < -0.39 is 0 Å². The van der Waals surface area contributed by atoms with Crippen molar-refractivity contribution < 1.29 is 4.52 Å². The predicted molar refractivity (Wildman–Crippen MR) is 75.2 cm³/mol. The summed E-state index contributed by atoms with van der Waals surface area (Å²) in [6.45, 7) is 0. The smallest absolute Gasteiger partial charge is 0.214 e. The lowest BCUT2D eigenvalue weighted by Crippen LogP contribution is -1.91. The standard InChI is InChI=1S/C14H11N5O/c1-3-13(4-2-12(1)14-16-10-20-19-14)18-17-9-11-5-7-15-8-6-11/h1-10,18H/b17-9+. The van der Waals surface area contributed by atoms with E-state index >= 15 is 0 Å². The van der Waals surface area contributed by atoms with Crippen molar-refractivity contribution in [3.63, 3.8) is 0 Å². The number of benzene rings is 1. The Morgan fingerprint density at radius 1 is 1.05 bits per heavy atom. The monoisotopic (exact) mass is 265 g/mol. The number of hydrazone groups is 1. The summed E-state index contributed by atoms with van der Waals surface area (Å²) in [5, 5.41) is 7.93. The second-order valence-corrected chi connectivity index (χ2v) is 3.98. The van der Waals surface area contributed by atoms with Gasteiger partial charge in [0.05, 0.1) is 11.9 Å². The first-order valence-electron chi connectivity index (χ1n) is 5.98. The molecule has 1 N–H and O–H groups in total. The Hall–Kier alpha value is -3.02. The van der Waals surface area contributed by atoms with Gasteiger partial charge in [0.15, 0.2) is 0 Å². The van der Waals surface area contributed by atoms with E-state index in [1.165, 1.54) is 6.39 Å². The van der Waals surface area contributed by atoms with Gasteiger partial charge >= 0.3 is 0 Å². The molecule has 0 amide bonds. The molecule has 3 aromatic rings.